The Hall–Kier alpha value is -2.58. The predicted octanol–water partition coefficient (Wildman–Crippen LogP) is 3.40. The van der Waals surface area contributed by atoms with Gasteiger partial charge in [-0.3, -0.25) is 9.69 Å². The molecule has 0 aliphatic carbocycles. The molecule has 1 saturated heterocycles. The number of benzene rings is 1. The van der Waals surface area contributed by atoms with E-state index in [1.165, 1.54) is 11.4 Å². The Morgan fingerprint density at radius 2 is 1.52 bits per heavy atom. The van der Waals surface area contributed by atoms with Gasteiger partial charge in [0.1, 0.15) is 6.04 Å². The van der Waals surface area contributed by atoms with E-state index in [4.69, 9.17) is 0 Å². The molecule has 1 aliphatic rings. The molecule has 0 saturated carbocycles. The second-order valence-electron chi connectivity index (χ2n) is 7.64. The normalized spacial score (nSPS) is 16.4. The molecule has 5 heteroatoms. The largest absolute Gasteiger partial charge is 0.336 e. The minimum absolute atomic E-state index is 0.0696. The predicted molar refractivity (Wildman–Crippen MR) is 107 cm³/mol. The van der Waals surface area contributed by atoms with Crippen LogP contribution in [0, 0.1) is 31.1 Å². The van der Waals surface area contributed by atoms with E-state index in [2.05, 4.69) is 55.4 Å². The lowest BCUT2D eigenvalue weighted by atomic mass is 10.0. The highest BCUT2D eigenvalue weighted by atomic mass is 16.2. The van der Waals surface area contributed by atoms with Crippen LogP contribution in [0.4, 0.5) is 0 Å². The second-order valence-corrected chi connectivity index (χ2v) is 7.64. The molecule has 1 atom stereocenters. The van der Waals surface area contributed by atoms with E-state index in [0.717, 1.165) is 24.3 Å². The van der Waals surface area contributed by atoms with Gasteiger partial charge in [0, 0.05) is 48.8 Å². The number of amides is 1. The molecule has 1 fully saturated rings. The fourth-order valence-electron chi connectivity index (χ4n) is 3.87. The van der Waals surface area contributed by atoms with Crippen LogP contribution >= 0.6 is 0 Å². The number of nitriles is 1. The summed E-state index contributed by atoms with van der Waals surface area (Å²) in [5, 5.41) is 9.37. The van der Waals surface area contributed by atoms with Gasteiger partial charge in [0.2, 0.25) is 0 Å². The summed E-state index contributed by atoms with van der Waals surface area (Å²) in [6, 6.07) is 14.4. The van der Waals surface area contributed by atoms with Gasteiger partial charge in [-0.1, -0.05) is 13.8 Å². The Morgan fingerprint density at radius 1 is 0.963 bits per heavy atom. The topological polar surface area (TPSA) is 52.3 Å². The van der Waals surface area contributed by atoms with Gasteiger partial charge in [0.25, 0.3) is 5.91 Å². The highest BCUT2D eigenvalue weighted by Crippen LogP contribution is 2.19. The SMILES string of the molecule is Cc1ccc(C)n1-c1ccc(C(=O)N2CCN(C(C#N)C(C)C)CC2)cc1. The molecule has 3 rings (SSSR count). The van der Waals surface area contributed by atoms with Crippen molar-refractivity contribution in [3.05, 3.63) is 53.3 Å². The summed E-state index contributed by atoms with van der Waals surface area (Å²) in [7, 11) is 0. The van der Waals surface area contributed by atoms with E-state index in [1.54, 1.807) is 0 Å². The number of carbonyl (C=O) groups excluding carboxylic acids is 1. The zero-order valence-electron chi connectivity index (χ0n) is 16.6. The molecular formula is C22H28N4O. The molecule has 1 aliphatic heterocycles. The molecule has 0 spiro atoms. The minimum Gasteiger partial charge on any atom is -0.336 e. The van der Waals surface area contributed by atoms with Crippen LogP contribution in [0.25, 0.3) is 5.69 Å². The first-order valence-corrected chi connectivity index (χ1v) is 9.60. The number of piperazine rings is 1. The minimum atomic E-state index is -0.0745. The van der Waals surface area contributed by atoms with E-state index in [-0.39, 0.29) is 11.9 Å². The van der Waals surface area contributed by atoms with Crippen LogP contribution in [0.3, 0.4) is 0 Å². The van der Waals surface area contributed by atoms with Crippen LogP contribution in [0.1, 0.15) is 35.6 Å². The number of hydrogen-bond donors (Lipinski definition) is 0. The Labute approximate surface area is 161 Å². The van der Waals surface area contributed by atoms with Crippen LogP contribution in [-0.4, -0.2) is 52.5 Å². The van der Waals surface area contributed by atoms with E-state index in [9.17, 15) is 10.1 Å². The van der Waals surface area contributed by atoms with E-state index in [1.807, 2.05) is 29.2 Å². The quantitative estimate of drug-likeness (QED) is 0.835. The third-order valence-electron chi connectivity index (χ3n) is 5.40. The number of nitrogens with zero attached hydrogens (tertiary/aromatic N) is 4. The lowest BCUT2D eigenvalue weighted by Gasteiger charge is -2.38. The van der Waals surface area contributed by atoms with Crippen LogP contribution in [-0.2, 0) is 0 Å². The summed E-state index contributed by atoms with van der Waals surface area (Å²) >= 11 is 0. The van der Waals surface area contributed by atoms with Gasteiger partial charge < -0.3 is 9.47 Å². The number of aromatic nitrogens is 1. The zero-order chi connectivity index (χ0) is 19.6. The summed E-state index contributed by atoms with van der Waals surface area (Å²) in [6.45, 7) is 11.1. The van der Waals surface area contributed by atoms with Gasteiger partial charge in [0.05, 0.1) is 6.07 Å². The van der Waals surface area contributed by atoms with Gasteiger partial charge in [-0.05, 0) is 56.2 Å². The van der Waals surface area contributed by atoms with Crippen molar-refractivity contribution in [1.82, 2.24) is 14.4 Å². The molecular weight excluding hydrogens is 336 g/mol. The highest BCUT2D eigenvalue weighted by molar-refractivity contribution is 5.94. The van der Waals surface area contributed by atoms with Crippen molar-refractivity contribution in [3.8, 4) is 11.8 Å². The third kappa shape index (κ3) is 3.91. The molecule has 0 radical (unpaired) electrons. The van der Waals surface area contributed by atoms with E-state index >= 15 is 0 Å². The van der Waals surface area contributed by atoms with Crippen molar-refractivity contribution in [2.75, 3.05) is 26.2 Å². The number of rotatable bonds is 4. The molecule has 0 bridgehead atoms. The summed E-state index contributed by atoms with van der Waals surface area (Å²) in [4.78, 5) is 16.9. The molecule has 1 unspecified atom stereocenters. The van der Waals surface area contributed by atoms with Gasteiger partial charge in [-0.2, -0.15) is 5.26 Å². The summed E-state index contributed by atoms with van der Waals surface area (Å²) in [6.07, 6.45) is 0. The van der Waals surface area contributed by atoms with E-state index in [0.29, 0.717) is 19.0 Å². The average molecular weight is 364 g/mol. The summed E-state index contributed by atoms with van der Waals surface area (Å²) < 4.78 is 2.18. The van der Waals surface area contributed by atoms with Crippen LogP contribution in [0.5, 0.6) is 0 Å². The monoisotopic (exact) mass is 364 g/mol. The third-order valence-corrected chi connectivity index (χ3v) is 5.40. The number of hydrogen-bond acceptors (Lipinski definition) is 3. The van der Waals surface area contributed by atoms with Crippen molar-refractivity contribution in [2.45, 2.75) is 33.7 Å². The number of aryl methyl sites for hydroxylation is 2. The average Bonchev–Trinajstić information content (AvgIpc) is 3.00. The molecule has 27 heavy (non-hydrogen) atoms. The lowest BCUT2D eigenvalue weighted by molar-refractivity contribution is 0.0577. The van der Waals surface area contributed by atoms with Crippen LogP contribution < -0.4 is 0 Å². The van der Waals surface area contributed by atoms with Gasteiger partial charge in [-0.25, -0.2) is 0 Å². The van der Waals surface area contributed by atoms with Crippen molar-refractivity contribution in [2.24, 2.45) is 5.92 Å². The summed E-state index contributed by atoms with van der Waals surface area (Å²) in [5.41, 5.74) is 4.15. The van der Waals surface area contributed by atoms with Gasteiger partial charge in [0.15, 0.2) is 0 Å². The summed E-state index contributed by atoms with van der Waals surface area (Å²) in [5.74, 6) is 0.366. The van der Waals surface area contributed by atoms with Gasteiger partial charge in [-0.15, -0.1) is 0 Å². The Morgan fingerprint density at radius 3 is 2.00 bits per heavy atom. The second kappa shape index (κ2) is 7.98. The molecule has 2 heterocycles. The number of carbonyl (C=O) groups is 1. The van der Waals surface area contributed by atoms with Crippen LogP contribution in [0.2, 0.25) is 0 Å². The first kappa shape index (κ1) is 19.2. The molecule has 1 aromatic heterocycles. The standard InChI is InChI=1S/C22H28N4O/c1-16(2)21(15-23)24-11-13-25(14-12-24)22(27)19-7-9-20(10-8-19)26-17(3)5-6-18(26)4/h5-10,16,21H,11-14H2,1-4H3. The Kier molecular flexibility index (Phi) is 5.67. The molecule has 142 valence electrons. The van der Waals surface area contributed by atoms with E-state index < -0.39 is 0 Å². The first-order valence-electron chi connectivity index (χ1n) is 9.60. The van der Waals surface area contributed by atoms with Crippen molar-refractivity contribution < 1.29 is 4.79 Å². The fourth-order valence-corrected chi connectivity index (χ4v) is 3.87. The van der Waals surface area contributed by atoms with Gasteiger partial charge >= 0.3 is 0 Å². The Bertz CT molecular complexity index is 817. The maximum absolute atomic E-state index is 12.8. The maximum atomic E-state index is 12.8. The maximum Gasteiger partial charge on any atom is 0.253 e. The van der Waals surface area contributed by atoms with Crippen molar-refractivity contribution >= 4 is 5.91 Å². The zero-order valence-corrected chi connectivity index (χ0v) is 16.6. The molecule has 1 amide bonds. The molecule has 2 aromatic rings. The molecule has 1 aromatic carbocycles. The van der Waals surface area contributed by atoms with Crippen molar-refractivity contribution in [1.29, 1.82) is 5.26 Å². The van der Waals surface area contributed by atoms with Crippen LogP contribution in [0.15, 0.2) is 36.4 Å². The first-order chi connectivity index (χ1) is 12.9. The fraction of sp³-hybridized carbons (Fsp3) is 0.455. The molecule has 5 nitrogen and oxygen atoms in total. The lowest BCUT2D eigenvalue weighted by Crippen LogP contribution is -2.52. The Balaban J connectivity index is 1.66. The van der Waals surface area contributed by atoms with Crippen molar-refractivity contribution in [3.63, 3.8) is 0 Å². The molecule has 0 N–H and O–H groups in total. The smallest absolute Gasteiger partial charge is 0.253 e. The highest BCUT2D eigenvalue weighted by Gasteiger charge is 2.28.